The van der Waals surface area contributed by atoms with E-state index in [-0.39, 0.29) is 0 Å². The number of hydrogen-bond acceptors (Lipinski definition) is 5. The first-order valence-corrected chi connectivity index (χ1v) is 7.92. The molecule has 0 radical (unpaired) electrons. The minimum atomic E-state index is -0.936. The minimum absolute atomic E-state index is 0.404. The number of nitriles is 1. The summed E-state index contributed by atoms with van der Waals surface area (Å²) in [5.74, 6) is -0.640. The summed E-state index contributed by atoms with van der Waals surface area (Å²) in [6.07, 6.45) is 0.585. The highest BCUT2D eigenvalue weighted by Gasteiger charge is 2.51. The first-order chi connectivity index (χ1) is 11.0. The third-order valence-corrected chi connectivity index (χ3v) is 4.89. The van der Waals surface area contributed by atoms with E-state index in [9.17, 15) is 4.39 Å². The van der Waals surface area contributed by atoms with Crippen molar-refractivity contribution in [3.63, 3.8) is 0 Å². The second-order valence-electron chi connectivity index (χ2n) is 6.71. The van der Waals surface area contributed by atoms with E-state index in [1.165, 1.54) is 0 Å². The lowest BCUT2D eigenvalue weighted by atomic mass is 9.71. The smallest absolute Gasteiger partial charge is 0.169 e. The molecule has 2 aliphatic rings. The molecule has 1 aromatic carbocycles. The molecule has 1 saturated heterocycles. The number of halogens is 1. The van der Waals surface area contributed by atoms with Gasteiger partial charge in [0.15, 0.2) is 5.79 Å². The summed E-state index contributed by atoms with van der Waals surface area (Å²) >= 11 is 0. The summed E-state index contributed by atoms with van der Waals surface area (Å²) in [5, 5.41) is 12.2. The Balaban J connectivity index is 1.74. The molecule has 1 aliphatic heterocycles. The summed E-state index contributed by atoms with van der Waals surface area (Å²) in [6.45, 7) is 3.44. The van der Waals surface area contributed by atoms with E-state index in [1.807, 2.05) is 6.92 Å². The Hall–Kier alpha value is -1.84. The number of anilines is 2. The molecular formula is C17H22FN3O2. The van der Waals surface area contributed by atoms with Gasteiger partial charge in [0.25, 0.3) is 0 Å². The van der Waals surface area contributed by atoms with Crippen molar-refractivity contribution >= 4 is 11.4 Å². The van der Waals surface area contributed by atoms with Crippen LogP contribution in [0.25, 0.3) is 0 Å². The van der Waals surface area contributed by atoms with Gasteiger partial charge < -0.3 is 20.5 Å². The van der Waals surface area contributed by atoms with Gasteiger partial charge in [-0.25, -0.2) is 4.39 Å². The number of rotatable bonds is 3. The van der Waals surface area contributed by atoms with Crippen molar-refractivity contribution in [2.45, 2.75) is 38.1 Å². The Morgan fingerprint density at radius 2 is 2.17 bits per heavy atom. The fourth-order valence-electron chi connectivity index (χ4n) is 3.50. The van der Waals surface area contributed by atoms with Gasteiger partial charge >= 0.3 is 0 Å². The van der Waals surface area contributed by atoms with Crippen molar-refractivity contribution in [1.29, 1.82) is 5.26 Å². The lowest BCUT2D eigenvalue weighted by Gasteiger charge is -2.45. The van der Waals surface area contributed by atoms with Crippen molar-refractivity contribution in [3.8, 4) is 6.07 Å². The van der Waals surface area contributed by atoms with Crippen molar-refractivity contribution < 1.29 is 13.9 Å². The summed E-state index contributed by atoms with van der Waals surface area (Å²) in [6, 6.07) is 7.11. The molecule has 5 nitrogen and oxygen atoms in total. The molecule has 2 fully saturated rings. The van der Waals surface area contributed by atoms with Crippen LogP contribution in [0.15, 0.2) is 18.2 Å². The third-order valence-electron chi connectivity index (χ3n) is 4.89. The first-order valence-electron chi connectivity index (χ1n) is 7.92. The van der Waals surface area contributed by atoms with Crippen LogP contribution >= 0.6 is 0 Å². The van der Waals surface area contributed by atoms with Crippen LogP contribution in [-0.4, -0.2) is 31.7 Å². The normalized spacial score (nSPS) is 29.3. The summed E-state index contributed by atoms with van der Waals surface area (Å²) in [5.41, 5.74) is 7.05. The van der Waals surface area contributed by atoms with Gasteiger partial charge in [-0.1, -0.05) is 6.92 Å². The van der Waals surface area contributed by atoms with Crippen LogP contribution in [0.1, 0.15) is 31.7 Å². The molecule has 1 spiro atoms. The van der Waals surface area contributed by atoms with E-state index in [1.54, 1.807) is 18.2 Å². The number of ether oxygens (including phenoxy) is 2. The Labute approximate surface area is 135 Å². The van der Waals surface area contributed by atoms with Crippen LogP contribution in [-0.2, 0) is 9.47 Å². The van der Waals surface area contributed by atoms with E-state index in [0.717, 1.165) is 0 Å². The van der Waals surface area contributed by atoms with E-state index >= 15 is 0 Å². The average Bonchev–Trinajstić information content (AvgIpc) is 2.99. The minimum Gasteiger partial charge on any atom is -0.397 e. The molecule has 1 aliphatic carbocycles. The van der Waals surface area contributed by atoms with E-state index in [4.69, 9.17) is 20.5 Å². The van der Waals surface area contributed by atoms with Crippen molar-refractivity contribution in [1.82, 2.24) is 0 Å². The van der Waals surface area contributed by atoms with Gasteiger partial charge in [-0.15, -0.1) is 0 Å². The molecule has 23 heavy (non-hydrogen) atoms. The van der Waals surface area contributed by atoms with E-state index in [0.29, 0.717) is 56.0 Å². The summed E-state index contributed by atoms with van der Waals surface area (Å²) in [4.78, 5) is 0. The number of nitrogens with two attached hydrogens (primary N) is 1. The second kappa shape index (κ2) is 5.99. The number of hydrogen-bond donors (Lipinski definition) is 2. The predicted molar refractivity (Wildman–Crippen MR) is 85.5 cm³/mol. The molecule has 3 rings (SSSR count). The topological polar surface area (TPSA) is 80.3 Å². The molecule has 1 aromatic rings. The second-order valence-corrected chi connectivity index (χ2v) is 6.71. The first kappa shape index (κ1) is 16.0. The molecule has 6 heteroatoms. The highest BCUT2D eigenvalue weighted by atomic mass is 19.1. The molecular weight excluding hydrogens is 297 g/mol. The number of nitrogens with one attached hydrogen (secondary N) is 1. The predicted octanol–water partition coefficient (Wildman–Crippen LogP) is 2.82. The lowest BCUT2D eigenvalue weighted by molar-refractivity contribution is -0.210. The Bertz CT molecular complexity index is 625. The molecule has 0 unspecified atom stereocenters. The van der Waals surface area contributed by atoms with Gasteiger partial charge in [-0.05, 0) is 24.6 Å². The molecule has 0 bridgehead atoms. The van der Waals surface area contributed by atoms with Crippen LogP contribution in [0.2, 0.25) is 0 Å². The zero-order chi connectivity index (χ0) is 16.5. The molecule has 124 valence electrons. The van der Waals surface area contributed by atoms with Crippen LogP contribution < -0.4 is 11.1 Å². The Kier molecular flexibility index (Phi) is 4.17. The summed E-state index contributed by atoms with van der Waals surface area (Å²) < 4.78 is 26.1. The van der Waals surface area contributed by atoms with Gasteiger partial charge in [0.1, 0.15) is 6.17 Å². The van der Waals surface area contributed by atoms with Crippen LogP contribution in [0, 0.1) is 16.7 Å². The maximum Gasteiger partial charge on any atom is 0.169 e. The van der Waals surface area contributed by atoms with Gasteiger partial charge in [-0.3, -0.25) is 0 Å². The Morgan fingerprint density at radius 3 is 2.87 bits per heavy atom. The highest BCUT2D eigenvalue weighted by Crippen LogP contribution is 2.47. The molecule has 0 amide bonds. The van der Waals surface area contributed by atoms with E-state index < -0.39 is 17.4 Å². The van der Waals surface area contributed by atoms with Gasteiger partial charge in [0.05, 0.1) is 36.2 Å². The molecule has 0 aromatic heterocycles. The average molecular weight is 319 g/mol. The fraction of sp³-hybridized carbons (Fsp3) is 0.588. The maximum absolute atomic E-state index is 14.6. The Morgan fingerprint density at radius 1 is 1.43 bits per heavy atom. The van der Waals surface area contributed by atoms with Gasteiger partial charge in [-0.2, -0.15) is 5.26 Å². The number of nitrogens with zero attached hydrogens (tertiary/aromatic N) is 1. The van der Waals surface area contributed by atoms with Crippen molar-refractivity contribution in [2.24, 2.45) is 5.41 Å². The number of alkyl halides is 1. The van der Waals surface area contributed by atoms with Crippen LogP contribution in [0.3, 0.4) is 0 Å². The third kappa shape index (κ3) is 3.12. The maximum atomic E-state index is 14.6. The van der Waals surface area contributed by atoms with Gasteiger partial charge in [0, 0.05) is 24.8 Å². The van der Waals surface area contributed by atoms with Gasteiger partial charge in [0.2, 0.25) is 0 Å². The molecule has 3 N–H and O–H groups in total. The van der Waals surface area contributed by atoms with Crippen molar-refractivity contribution in [3.05, 3.63) is 23.8 Å². The monoisotopic (exact) mass is 319 g/mol. The zero-order valence-corrected chi connectivity index (χ0v) is 13.3. The highest BCUT2D eigenvalue weighted by molar-refractivity contribution is 5.68. The lowest BCUT2D eigenvalue weighted by Crippen LogP contribution is -2.50. The molecule has 2 atom stereocenters. The molecule has 1 saturated carbocycles. The summed E-state index contributed by atoms with van der Waals surface area (Å²) in [7, 11) is 0. The van der Waals surface area contributed by atoms with Crippen molar-refractivity contribution in [2.75, 3.05) is 30.8 Å². The quantitative estimate of drug-likeness (QED) is 0.837. The van der Waals surface area contributed by atoms with E-state index in [2.05, 4.69) is 11.4 Å². The fourth-order valence-corrected chi connectivity index (χ4v) is 3.50. The standard InChI is InChI=1S/C17H22FN3O2/c1-16(10-17(5-4-15(16)18)22-6-7-23-17)11-21-14-8-12(9-19)2-3-13(14)20/h2-3,8,15,21H,4-7,10-11,20H2,1H3/t15-,16+/m1/s1. The zero-order valence-electron chi connectivity index (χ0n) is 13.3. The van der Waals surface area contributed by atoms with Crippen LogP contribution in [0.5, 0.6) is 0 Å². The number of nitrogen functional groups attached to an aromatic ring is 1. The van der Waals surface area contributed by atoms with Crippen LogP contribution in [0.4, 0.5) is 15.8 Å². The largest absolute Gasteiger partial charge is 0.397 e. The number of benzene rings is 1. The SMILES string of the molecule is C[C@@]1(CNc2cc(C#N)ccc2N)CC2(CC[C@H]1F)OCCO2. The molecule has 1 heterocycles.